The average molecular weight is 378 g/mol. The number of H-pyrrole nitrogens is 1. The smallest absolute Gasteiger partial charge is 0.242 e. The zero-order valence-electron chi connectivity index (χ0n) is 15.7. The van der Waals surface area contributed by atoms with Gasteiger partial charge in [0.05, 0.1) is 17.3 Å². The first-order valence-electron chi connectivity index (χ1n) is 8.83. The number of hydrogen-bond acceptors (Lipinski definition) is 4. The zero-order valence-corrected chi connectivity index (χ0v) is 16.5. The normalized spacial score (nSPS) is 19.6. The SMILES string of the molecule is CC(C)(C)c1nc2ccc(NC(=O)C3CCCCN3S(C)(=O)=O)cc2[nH]1. The van der Waals surface area contributed by atoms with Gasteiger partial charge in [0.1, 0.15) is 11.9 Å². The number of imidazole rings is 1. The highest BCUT2D eigenvalue weighted by molar-refractivity contribution is 7.88. The number of sulfonamides is 1. The van der Waals surface area contributed by atoms with Crippen molar-refractivity contribution in [2.24, 2.45) is 0 Å². The number of benzene rings is 1. The number of anilines is 1. The molecule has 2 N–H and O–H groups in total. The minimum absolute atomic E-state index is 0.0967. The minimum atomic E-state index is -3.40. The number of carbonyl (C=O) groups is 1. The van der Waals surface area contributed by atoms with Crippen molar-refractivity contribution in [2.45, 2.75) is 51.5 Å². The minimum Gasteiger partial charge on any atom is -0.341 e. The summed E-state index contributed by atoms with van der Waals surface area (Å²) < 4.78 is 25.2. The number of aromatic nitrogens is 2. The Morgan fingerprint density at radius 1 is 1.31 bits per heavy atom. The summed E-state index contributed by atoms with van der Waals surface area (Å²) in [6.45, 7) is 6.63. The van der Waals surface area contributed by atoms with Crippen LogP contribution in [0.5, 0.6) is 0 Å². The maximum absolute atomic E-state index is 12.7. The summed E-state index contributed by atoms with van der Waals surface area (Å²) in [5.41, 5.74) is 2.21. The van der Waals surface area contributed by atoms with Gasteiger partial charge in [-0.3, -0.25) is 4.79 Å². The summed E-state index contributed by atoms with van der Waals surface area (Å²) in [6, 6.07) is 4.83. The molecule has 1 aliphatic rings. The predicted molar refractivity (Wildman–Crippen MR) is 103 cm³/mol. The molecule has 8 heteroatoms. The number of fused-ring (bicyclic) bond motifs is 1. The van der Waals surface area contributed by atoms with Crippen molar-refractivity contribution < 1.29 is 13.2 Å². The van der Waals surface area contributed by atoms with E-state index in [2.05, 4.69) is 36.1 Å². The van der Waals surface area contributed by atoms with E-state index >= 15 is 0 Å². The Morgan fingerprint density at radius 2 is 2.04 bits per heavy atom. The Kier molecular flexibility index (Phi) is 4.83. The molecule has 0 bridgehead atoms. The van der Waals surface area contributed by atoms with E-state index in [0.717, 1.165) is 36.0 Å². The Hall–Kier alpha value is -1.93. The largest absolute Gasteiger partial charge is 0.341 e. The number of aromatic amines is 1. The van der Waals surface area contributed by atoms with Crippen molar-refractivity contribution in [3.05, 3.63) is 24.0 Å². The van der Waals surface area contributed by atoms with Crippen molar-refractivity contribution in [1.82, 2.24) is 14.3 Å². The Bertz CT molecular complexity index is 928. The number of amides is 1. The molecule has 0 spiro atoms. The van der Waals surface area contributed by atoms with Crippen molar-refractivity contribution in [3.8, 4) is 0 Å². The lowest BCUT2D eigenvalue weighted by Crippen LogP contribution is -2.49. The monoisotopic (exact) mass is 378 g/mol. The van der Waals surface area contributed by atoms with E-state index in [9.17, 15) is 13.2 Å². The fourth-order valence-corrected chi connectivity index (χ4v) is 4.36. The molecule has 1 amide bonds. The summed E-state index contributed by atoms with van der Waals surface area (Å²) in [4.78, 5) is 20.6. The van der Waals surface area contributed by atoms with Gasteiger partial charge >= 0.3 is 0 Å². The lowest BCUT2D eigenvalue weighted by Gasteiger charge is -2.32. The topological polar surface area (TPSA) is 95.2 Å². The molecule has 142 valence electrons. The first-order chi connectivity index (χ1) is 12.1. The van der Waals surface area contributed by atoms with E-state index in [4.69, 9.17) is 0 Å². The molecule has 26 heavy (non-hydrogen) atoms. The van der Waals surface area contributed by atoms with Crippen LogP contribution < -0.4 is 5.32 Å². The first kappa shape index (κ1) is 18.8. The van der Waals surface area contributed by atoms with Gasteiger partial charge in [-0.25, -0.2) is 13.4 Å². The van der Waals surface area contributed by atoms with Crippen molar-refractivity contribution in [1.29, 1.82) is 0 Å². The van der Waals surface area contributed by atoms with Crippen molar-refractivity contribution in [3.63, 3.8) is 0 Å². The van der Waals surface area contributed by atoms with Crippen LogP contribution in [0, 0.1) is 0 Å². The van der Waals surface area contributed by atoms with Gasteiger partial charge in [-0.05, 0) is 31.0 Å². The molecule has 7 nitrogen and oxygen atoms in total. The Balaban J connectivity index is 1.82. The van der Waals surface area contributed by atoms with E-state index in [0.29, 0.717) is 18.7 Å². The average Bonchev–Trinajstić information content (AvgIpc) is 2.97. The van der Waals surface area contributed by atoms with Gasteiger partial charge in [0.2, 0.25) is 15.9 Å². The highest BCUT2D eigenvalue weighted by Crippen LogP contribution is 2.25. The van der Waals surface area contributed by atoms with Crippen LogP contribution in [0.15, 0.2) is 18.2 Å². The zero-order chi connectivity index (χ0) is 19.1. The molecule has 1 atom stereocenters. The number of nitrogens with zero attached hydrogens (tertiary/aromatic N) is 2. The fourth-order valence-electron chi connectivity index (χ4n) is 3.23. The van der Waals surface area contributed by atoms with Gasteiger partial charge in [0.15, 0.2) is 0 Å². The molecule has 1 aromatic heterocycles. The van der Waals surface area contributed by atoms with Crippen LogP contribution in [0.2, 0.25) is 0 Å². The Labute approximate surface area is 154 Å². The predicted octanol–water partition coefficient (Wildman–Crippen LogP) is 2.61. The van der Waals surface area contributed by atoms with E-state index in [1.54, 1.807) is 6.07 Å². The standard InChI is InChI=1S/C18H26N4O3S/c1-18(2,3)17-20-13-9-8-12(11-14(13)21-17)19-16(23)15-7-5-6-10-22(15)26(4,24)25/h8-9,11,15H,5-7,10H2,1-4H3,(H,19,23)(H,20,21). The quantitative estimate of drug-likeness (QED) is 0.858. The van der Waals surface area contributed by atoms with Crippen molar-refractivity contribution >= 4 is 32.7 Å². The first-order valence-corrected chi connectivity index (χ1v) is 10.7. The molecule has 1 aliphatic heterocycles. The summed E-state index contributed by atoms with van der Waals surface area (Å²) in [6.07, 6.45) is 3.33. The molecular weight excluding hydrogens is 352 g/mol. The molecule has 0 radical (unpaired) electrons. The number of hydrogen-bond donors (Lipinski definition) is 2. The van der Waals surface area contributed by atoms with Gasteiger partial charge in [0, 0.05) is 17.6 Å². The van der Waals surface area contributed by atoms with Gasteiger partial charge in [-0.1, -0.05) is 27.2 Å². The van der Waals surface area contributed by atoms with Gasteiger partial charge in [-0.2, -0.15) is 4.31 Å². The third kappa shape index (κ3) is 3.91. The molecule has 0 saturated carbocycles. The highest BCUT2D eigenvalue weighted by Gasteiger charge is 2.34. The number of nitrogens with one attached hydrogen (secondary N) is 2. The molecule has 3 rings (SSSR count). The lowest BCUT2D eigenvalue weighted by molar-refractivity contribution is -0.120. The highest BCUT2D eigenvalue weighted by atomic mass is 32.2. The van der Waals surface area contributed by atoms with E-state index in [-0.39, 0.29) is 11.3 Å². The second-order valence-corrected chi connectivity index (χ2v) is 9.88. The molecular formula is C18H26N4O3S. The molecule has 1 unspecified atom stereocenters. The van der Waals surface area contributed by atoms with Crippen LogP contribution in [-0.2, 0) is 20.2 Å². The number of carbonyl (C=O) groups excluding carboxylic acids is 1. The van der Waals surface area contributed by atoms with Crippen LogP contribution in [0.25, 0.3) is 11.0 Å². The van der Waals surface area contributed by atoms with Crippen LogP contribution in [-0.4, -0.2) is 47.4 Å². The molecule has 1 fully saturated rings. The molecule has 0 aliphatic carbocycles. The van der Waals surface area contributed by atoms with Crippen LogP contribution in [0.3, 0.4) is 0 Å². The van der Waals surface area contributed by atoms with E-state index < -0.39 is 16.1 Å². The molecule has 2 aromatic rings. The van der Waals surface area contributed by atoms with E-state index in [1.165, 1.54) is 4.31 Å². The maximum Gasteiger partial charge on any atom is 0.242 e. The number of piperidine rings is 1. The second kappa shape index (κ2) is 6.66. The summed E-state index contributed by atoms with van der Waals surface area (Å²) in [5.74, 6) is 0.594. The summed E-state index contributed by atoms with van der Waals surface area (Å²) in [7, 11) is -3.40. The maximum atomic E-state index is 12.7. The number of rotatable bonds is 3. The third-order valence-corrected chi connectivity index (χ3v) is 5.93. The van der Waals surface area contributed by atoms with E-state index in [1.807, 2.05) is 12.1 Å². The molecule has 2 heterocycles. The third-order valence-electron chi connectivity index (χ3n) is 4.64. The van der Waals surface area contributed by atoms with Gasteiger partial charge < -0.3 is 10.3 Å². The Morgan fingerprint density at radius 3 is 2.69 bits per heavy atom. The second-order valence-electron chi connectivity index (χ2n) is 7.94. The van der Waals surface area contributed by atoms with Gasteiger partial charge in [-0.15, -0.1) is 0 Å². The summed E-state index contributed by atoms with van der Waals surface area (Å²) in [5, 5.41) is 2.86. The summed E-state index contributed by atoms with van der Waals surface area (Å²) >= 11 is 0. The fraction of sp³-hybridized carbons (Fsp3) is 0.556. The molecule has 1 aromatic carbocycles. The lowest BCUT2D eigenvalue weighted by atomic mass is 9.96. The van der Waals surface area contributed by atoms with Crippen LogP contribution in [0.1, 0.15) is 45.9 Å². The van der Waals surface area contributed by atoms with Gasteiger partial charge in [0.25, 0.3) is 0 Å². The van der Waals surface area contributed by atoms with Crippen molar-refractivity contribution in [2.75, 3.05) is 18.1 Å². The molecule has 1 saturated heterocycles. The van der Waals surface area contributed by atoms with Crippen LogP contribution in [0.4, 0.5) is 5.69 Å². The van der Waals surface area contributed by atoms with Crippen LogP contribution >= 0.6 is 0 Å².